The third-order valence-electron chi connectivity index (χ3n) is 1.57. The Morgan fingerprint density at radius 3 is 3.00 bits per heavy atom. The Balaban J connectivity index is 2.88. The van der Waals surface area contributed by atoms with Gasteiger partial charge in [-0.05, 0) is 11.5 Å². The zero-order valence-electron chi connectivity index (χ0n) is 7.70. The van der Waals surface area contributed by atoms with E-state index in [0.29, 0.717) is 17.1 Å². The van der Waals surface area contributed by atoms with Gasteiger partial charge in [0.1, 0.15) is 10.6 Å². The van der Waals surface area contributed by atoms with Crippen LogP contribution in [0.25, 0.3) is 0 Å². The first kappa shape index (κ1) is 10.7. The van der Waals surface area contributed by atoms with Crippen LogP contribution in [0.1, 0.15) is 10.4 Å². The largest absolute Gasteiger partial charge is 0.395 e. The first-order valence-corrected chi connectivity index (χ1v) is 4.80. The number of anilines is 2. The van der Waals surface area contributed by atoms with Crippen LogP contribution in [0.3, 0.4) is 0 Å². The van der Waals surface area contributed by atoms with E-state index >= 15 is 0 Å². The van der Waals surface area contributed by atoms with E-state index in [1.807, 2.05) is 0 Å². The molecule has 14 heavy (non-hydrogen) atoms. The van der Waals surface area contributed by atoms with Crippen molar-refractivity contribution in [1.29, 1.82) is 0 Å². The van der Waals surface area contributed by atoms with Crippen molar-refractivity contribution in [2.45, 2.75) is 0 Å². The van der Waals surface area contributed by atoms with Gasteiger partial charge in [0.2, 0.25) is 0 Å². The summed E-state index contributed by atoms with van der Waals surface area (Å²) in [4.78, 5) is 11.4. The van der Waals surface area contributed by atoms with Crippen molar-refractivity contribution in [3.8, 4) is 0 Å². The van der Waals surface area contributed by atoms with Crippen LogP contribution >= 0.6 is 11.5 Å². The van der Waals surface area contributed by atoms with Gasteiger partial charge in [0.25, 0.3) is 5.91 Å². The molecular weight excluding hydrogens is 204 g/mol. The molecule has 1 aromatic heterocycles. The Morgan fingerprint density at radius 1 is 1.71 bits per heavy atom. The van der Waals surface area contributed by atoms with E-state index < -0.39 is 0 Å². The molecule has 1 aromatic rings. The second-order valence-corrected chi connectivity index (χ2v) is 3.27. The molecule has 0 aliphatic carbocycles. The molecule has 0 radical (unpaired) electrons. The van der Waals surface area contributed by atoms with Gasteiger partial charge in [-0.15, -0.1) is 0 Å². The highest BCUT2D eigenvalue weighted by Gasteiger charge is 2.17. The fourth-order valence-corrected chi connectivity index (χ4v) is 1.67. The Labute approximate surface area is 85.3 Å². The van der Waals surface area contributed by atoms with Gasteiger partial charge >= 0.3 is 0 Å². The standard InChI is InChI=1S/C7H12N4O2S/c1-9-6(13)4-5(8)11-14-7(4)10-2-3-12/h10,12H,2-3H2,1H3,(H2,8,11)(H,9,13). The molecule has 0 aromatic carbocycles. The summed E-state index contributed by atoms with van der Waals surface area (Å²) in [6.07, 6.45) is 0. The number of carbonyl (C=O) groups is 1. The van der Waals surface area contributed by atoms with E-state index in [1.165, 1.54) is 7.05 Å². The lowest BCUT2D eigenvalue weighted by Gasteiger charge is -2.03. The maximum Gasteiger partial charge on any atom is 0.257 e. The number of amides is 1. The number of nitrogen functional groups attached to an aromatic ring is 1. The van der Waals surface area contributed by atoms with Gasteiger partial charge in [-0.3, -0.25) is 4.79 Å². The van der Waals surface area contributed by atoms with Crippen LogP contribution < -0.4 is 16.4 Å². The van der Waals surface area contributed by atoms with Gasteiger partial charge in [0, 0.05) is 13.6 Å². The first-order chi connectivity index (χ1) is 6.70. The molecule has 0 unspecified atom stereocenters. The number of rotatable bonds is 4. The predicted molar refractivity (Wildman–Crippen MR) is 55.5 cm³/mol. The summed E-state index contributed by atoms with van der Waals surface area (Å²) in [5.41, 5.74) is 5.86. The predicted octanol–water partition coefficient (Wildman–Crippen LogP) is -0.511. The smallest absolute Gasteiger partial charge is 0.257 e. The number of aliphatic hydroxyl groups is 1. The van der Waals surface area contributed by atoms with Crippen LogP contribution in [-0.2, 0) is 0 Å². The van der Waals surface area contributed by atoms with E-state index in [4.69, 9.17) is 10.8 Å². The summed E-state index contributed by atoms with van der Waals surface area (Å²) >= 11 is 1.10. The number of nitrogens with zero attached hydrogens (tertiary/aromatic N) is 1. The zero-order valence-corrected chi connectivity index (χ0v) is 8.52. The molecule has 0 aliphatic heterocycles. The summed E-state index contributed by atoms with van der Waals surface area (Å²) < 4.78 is 3.85. The van der Waals surface area contributed by atoms with E-state index in [-0.39, 0.29) is 18.3 Å². The van der Waals surface area contributed by atoms with Crippen LogP contribution in [0.15, 0.2) is 0 Å². The molecule has 1 amide bonds. The van der Waals surface area contributed by atoms with Crippen LogP contribution in [0.2, 0.25) is 0 Å². The Morgan fingerprint density at radius 2 is 2.43 bits per heavy atom. The number of aliphatic hydroxyl groups excluding tert-OH is 1. The van der Waals surface area contributed by atoms with Gasteiger partial charge in [-0.2, -0.15) is 4.37 Å². The molecule has 7 heteroatoms. The molecule has 0 spiro atoms. The van der Waals surface area contributed by atoms with Gasteiger partial charge < -0.3 is 21.5 Å². The highest BCUT2D eigenvalue weighted by molar-refractivity contribution is 7.11. The molecular formula is C7H12N4O2S. The van der Waals surface area contributed by atoms with Crippen molar-refractivity contribution in [2.75, 3.05) is 31.2 Å². The number of hydrogen-bond donors (Lipinski definition) is 4. The molecule has 1 heterocycles. The molecule has 0 aliphatic rings. The van der Waals surface area contributed by atoms with E-state index in [0.717, 1.165) is 11.5 Å². The molecule has 0 saturated carbocycles. The number of aromatic nitrogens is 1. The lowest BCUT2D eigenvalue weighted by molar-refractivity contribution is 0.0965. The molecule has 0 bridgehead atoms. The van der Waals surface area contributed by atoms with Crippen molar-refractivity contribution in [3.63, 3.8) is 0 Å². The Bertz CT molecular complexity index is 325. The van der Waals surface area contributed by atoms with Crippen LogP contribution in [0.4, 0.5) is 10.8 Å². The van der Waals surface area contributed by atoms with Crippen LogP contribution in [-0.4, -0.2) is 35.6 Å². The highest BCUT2D eigenvalue weighted by atomic mass is 32.1. The molecule has 6 nitrogen and oxygen atoms in total. The second-order valence-electron chi connectivity index (χ2n) is 2.50. The zero-order chi connectivity index (χ0) is 10.6. The lowest BCUT2D eigenvalue weighted by Crippen LogP contribution is -2.20. The molecule has 1 rings (SSSR count). The third-order valence-corrected chi connectivity index (χ3v) is 2.39. The Kier molecular flexibility index (Phi) is 3.66. The maximum absolute atomic E-state index is 11.4. The molecule has 5 N–H and O–H groups in total. The van der Waals surface area contributed by atoms with Crippen molar-refractivity contribution < 1.29 is 9.90 Å². The van der Waals surface area contributed by atoms with Gasteiger partial charge in [0.15, 0.2) is 5.82 Å². The summed E-state index contributed by atoms with van der Waals surface area (Å²) in [6, 6.07) is 0. The summed E-state index contributed by atoms with van der Waals surface area (Å²) in [5, 5.41) is 14.5. The quantitative estimate of drug-likeness (QED) is 0.543. The number of carbonyl (C=O) groups excluding carboxylic acids is 1. The molecule has 78 valence electrons. The summed E-state index contributed by atoms with van der Waals surface area (Å²) in [7, 11) is 1.52. The van der Waals surface area contributed by atoms with Crippen molar-refractivity contribution in [1.82, 2.24) is 9.69 Å². The summed E-state index contributed by atoms with van der Waals surface area (Å²) in [6.45, 7) is 0.358. The van der Waals surface area contributed by atoms with E-state index in [2.05, 4.69) is 15.0 Å². The average molecular weight is 216 g/mol. The van der Waals surface area contributed by atoms with Crippen molar-refractivity contribution in [2.24, 2.45) is 0 Å². The monoisotopic (exact) mass is 216 g/mol. The van der Waals surface area contributed by atoms with E-state index in [1.54, 1.807) is 0 Å². The third kappa shape index (κ3) is 2.12. The minimum atomic E-state index is -0.281. The van der Waals surface area contributed by atoms with Gasteiger partial charge in [-0.25, -0.2) is 0 Å². The van der Waals surface area contributed by atoms with E-state index in [9.17, 15) is 4.79 Å². The minimum Gasteiger partial charge on any atom is -0.395 e. The lowest BCUT2D eigenvalue weighted by atomic mass is 10.3. The first-order valence-electron chi connectivity index (χ1n) is 4.02. The maximum atomic E-state index is 11.4. The fourth-order valence-electron chi connectivity index (χ4n) is 0.937. The molecule has 0 fully saturated rings. The number of nitrogens with two attached hydrogens (primary N) is 1. The van der Waals surface area contributed by atoms with Crippen LogP contribution in [0.5, 0.6) is 0 Å². The fraction of sp³-hybridized carbons (Fsp3) is 0.429. The topological polar surface area (TPSA) is 100 Å². The minimum absolute atomic E-state index is 0.00894. The molecule has 0 saturated heterocycles. The second kappa shape index (κ2) is 4.77. The number of hydrogen-bond acceptors (Lipinski definition) is 6. The molecule has 0 atom stereocenters. The summed E-state index contributed by atoms with van der Waals surface area (Å²) in [5.74, 6) is -0.0773. The number of nitrogens with one attached hydrogen (secondary N) is 2. The normalized spacial score (nSPS) is 9.86. The Hall–Kier alpha value is -1.34. The van der Waals surface area contributed by atoms with Crippen LogP contribution in [0, 0.1) is 0 Å². The van der Waals surface area contributed by atoms with Gasteiger partial charge in [-0.1, -0.05) is 0 Å². The highest BCUT2D eigenvalue weighted by Crippen LogP contribution is 2.26. The SMILES string of the molecule is CNC(=O)c1c(N)nsc1NCCO. The average Bonchev–Trinajstić information content (AvgIpc) is 2.55. The van der Waals surface area contributed by atoms with Crippen molar-refractivity contribution >= 4 is 28.3 Å². The van der Waals surface area contributed by atoms with Gasteiger partial charge in [0.05, 0.1) is 6.61 Å². The van der Waals surface area contributed by atoms with Crippen molar-refractivity contribution in [3.05, 3.63) is 5.56 Å².